The molecule has 2 aromatic carbocycles. The van der Waals surface area contributed by atoms with E-state index in [0.717, 1.165) is 12.1 Å². The summed E-state index contributed by atoms with van der Waals surface area (Å²) in [6.07, 6.45) is 0. The molecule has 0 aliphatic carbocycles. The molecule has 18 heavy (non-hydrogen) atoms. The standard InChI is InChI=1S/C13H9Cl2F2N/c14-10-2-1-3-11(15)9(10)7-18-8-4-5-12(16)13(17)6-8/h1-6,18H,7H2. The second kappa shape index (κ2) is 5.55. The van der Waals surface area contributed by atoms with E-state index >= 15 is 0 Å². The molecule has 1 N–H and O–H groups in total. The van der Waals surface area contributed by atoms with Crippen LogP contribution in [0.3, 0.4) is 0 Å². The highest BCUT2D eigenvalue weighted by Gasteiger charge is 2.06. The van der Waals surface area contributed by atoms with Crippen LogP contribution in [0.2, 0.25) is 10.0 Å². The third-order valence-electron chi connectivity index (χ3n) is 2.45. The third-order valence-corrected chi connectivity index (χ3v) is 3.16. The molecule has 1 nitrogen and oxygen atoms in total. The predicted octanol–water partition coefficient (Wildman–Crippen LogP) is 4.88. The molecule has 0 aliphatic heterocycles. The minimum Gasteiger partial charge on any atom is -0.381 e. The van der Waals surface area contributed by atoms with Crippen LogP contribution >= 0.6 is 23.2 Å². The van der Waals surface area contributed by atoms with Crippen LogP contribution in [0.15, 0.2) is 36.4 Å². The summed E-state index contributed by atoms with van der Waals surface area (Å²) in [4.78, 5) is 0. The minimum absolute atomic E-state index is 0.337. The van der Waals surface area contributed by atoms with Gasteiger partial charge in [-0.15, -0.1) is 0 Å². The lowest BCUT2D eigenvalue weighted by atomic mass is 10.2. The topological polar surface area (TPSA) is 12.0 Å². The molecule has 0 aliphatic rings. The lowest BCUT2D eigenvalue weighted by molar-refractivity contribution is 0.509. The van der Waals surface area contributed by atoms with E-state index in [4.69, 9.17) is 23.2 Å². The van der Waals surface area contributed by atoms with Gasteiger partial charge in [-0.25, -0.2) is 8.78 Å². The van der Waals surface area contributed by atoms with E-state index in [9.17, 15) is 8.78 Å². The number of benzene rings is 2. The summed E-state index contributed by atoms with van der Waals surface area (Å²) in [6, 6.07) is 8.77. The smallest absolute Gasteiger partial charge is 0.160 e. The van der Waals surface area contributed by atoms with E-state index in [0.29, 0.717) is 27.8 Å². The molecule has 5 heteroatoms. The zero-order chi connectivity index (χ0) is 13.1. The Bertz CT molecular complexity index is 553. The van der Waals surface area contributed by atoms with E-state index in [1.165, 1.54) is 6.07 Å². The maximum atomic E-state index is 13.0. The number of hydrogen-bond donors (Lipinski definition) is 1. The molecular formula is C13H9Cl2F2N. The lowest BCUT2D eigenvalue weighted by Crippen LogP contribution is -2.01. The van der Waals surface area contributed by atoms with Crippen LogP contribution in [0, 0.1) is 11.6 Å². The molecular weight excluding hydrogens is 279 g/mol. The Balaban J connectivity index is 2.14. The number of rotatable bonds is 3. The minimum atomic E-state index is -0.898. The first kappa shape index (κ1) is 13.1. The Hall–Kier alpha value is -1.32. The summed E-state index contributed by atoms with van der Waals surface area (Å²) < 4.78 is 25.7. The number of halogens is 4. The summed E-state index contributed by atoms with van der Waals surface area (Å²) in [7, 11) is 0. The highest BCUT2D eigenvalue weighted by molar-refractivity contribution is 6.36. The van der Waals surface area contributed by atoms with Gasteiger partial charge >= 0.3 is 0 Å². The van der Waals surface area contributed by atoms with Gasteiger partial charge in [0.05, 0.1) is 0 Å². The van der Waals surface area contributed by atoms with E-state index in [1.807, 2.05) is 0 Å². The van der Waals surface area contributed by atoms with Gasteiger partial charge in [-0.05, 0) is 24.3 Å². The zero-order valence-electron chi connectivity index (χ0n) is 9.18. The molecule has 0 bridgehead atoms. The summed E-state index contributed by atoms with van der Waals surface area (Å²) in [6.45, 7) is 0.337. The molecule has 0 aromatic heterocycles. The maximum absolute atomic E-state index is 13.0. The fourth-order valence-corrected chi connectivity index (χ4v) is 2.03. The fourth-order valence-electron chi connectivity index (χ4n) is 1.50. The van der Waals surface area contributed by atoms with Crippen molar-refractivity contribution in [2.75, 3.05) is 5.32 Å². The Morgan fingerprint density at radius 1 is 0.944 bits per heavy atom. The molecule has 0 atom stereocenters. The molecule has 0 saturated heterocycles. The molecule has 0 unspecified atom stereocenters. The van der Waals surface area contributed by atoms with Crippen molar-refractivity contribution in [1.29, 1.82) is 0 Å². The normalized spacial score (nSPS) is 10.4. The molecule has 94 valence electrons. The van der Waals surface area contributed by atoms with Crippen molar-refractivity contribution in [3.63, 3.8) is 0 Å². The second-order valence-electron chi connectivity index (χ2n) is 3.68. The first-order chi connectivity index (χ1) is 8.58. The number of anilines is 1. The van der Waals surface area contributed by atoms with E-state index < -0.39 is 11.6 Å². The second-order valence-corrected chi connectivity index (χ2v) is 4.50. The van der Waals surface area contributed by atoms with Gasteiger partial charge in [0.2, 0.25) is 0 Å². The van der Waals surface area contributed by atoms with Crippen LogP contribution in [0.25, 0.3) is 0 Å². The van der Waals surface area contributed by atoms with Gasteiger partial charge in [0.1, 0.15) is 0 Å². The van der Waals surface area contributed by atoms with E-state index in [-0.39, 0.29) is 0 Å². The third kappa shape index (κ3) is 2.92. The average Bonchev–Trinajstić information content (AvgIpc) is 2.33. The summed E-state index contributed by atoms with van der Waals surface area (Å²) in [5, 5.41) is 3.99. The Labute approximate surface area is 113 Å². The van der Waals surface area contributed by atoms with E-state index in [1.54, 1.807) is 18.2 Å². The van der Waals surface area contributed by atoms with Crippen molar-refractivity contribution in [2.45, 2.75) is 6.54 Å². The van der Waals surface area contributed by atoms with Crippen molar-refractivity contribution in [3.05, 3.63) is 63.6 Å². The highest BCUT2D eigenvalue weighted by Crippen LogP contribution is 2.25. The predicted molar refractivity (Wildman–Crippen MR) is 70.1 cm³/mol. The fraction of sp³-hybridized carbons (Fsp3) is 0.0769. The summed E-state index contributed by atoms with van der Waals surface area (Å²) >= 11 is 12.0. The van der Waals surface area contributed by atoms with Gasteiger partial charge in [-0.3, -0.25) is 0 Å². The highest BCUT2D eigenvalue weighted by atomic mass is 35.5. The maximum Gasteiger partial charge on any atom is 0.160 e. The Morgan fingerprint density at radius 3 is 2.22 bits per heavy atom. The van der Waals surface area contributed by atoms with Gasteiger partial charge in [-0.2, -0.15) is 0 Å². The van der Waals surface area contributed by atoms with Crippen molar-refractivity contribution in [3.8, 4) is 0 Å². The lowest BCUT2D eigenvalue weighted by Gasteiger charge is -2.10. The van der Waals surface area contributed by atoms with Crippen molar-refractivity contribution in [2.24, 2.45) is 0 Å². The average molecular weight is 288 g/mol. The largest absolute Gasteiger partial charge is 0.381 e. The SMILES string of the molecule is Fc1ccc(NCc2c(Cl)cccc2Cl)cc1F. The quantitative estimate of drug-likeness (QED) is 0.848. The monoisotopic (exact) mass is 287 g/mol. The van der Waals surface area contributed by atoms with Crippen LogP contribution in [-0.2, 0) is 6.54 Å². The van der Waals surface area contributed by atoms with Crippen LogP contribution in [0.1, 0.15) is 5.56 Å². The van der Waals surface area contributed by atoms with Gasteiger partial charge in [-0.1, -0.05) is 29.3 Å². The Morgan fingerprint density at radius 2 is 1.61 bits per heavy atom. The Kier molecular flexibility index (Phi) is 4.04. The molecule has 2 rings (SSSR count). The first-order valence-electron chi connectivity index (χ1n) is 5.20. The van der Waals surface area contributed by atoms with Gasteiger partial charge in [0.15, 0.2) is 11.6 Å². The van der Waals surface area contributed by atoms with E-state index in [2.05, 4.69) is 5.32 Å². The molecule has 0 fully saturated rings. The molecule has 2 aromatic rings. The molecule has 0 heterocycles. The van der Waals surface area contributed by atoms with Crippen molar-refractivity contribution < 1.29 is 8.78 Å². The molecule has 0 radical (unpaired) electrons. The number of nitrogens with one attached hydrogen (secondary N) is 1. The van der Waals surface area contributed by atoms with Crippen LogP contribution in [0.5, 0.6) is 0 Å². The van der Waals surface area contributed by atoms with Crippen LogP contribution in [-0.4, -0.2) is 0 Å². The van der Waals surface area contributed by atoms with Gasteiger partial charge < -0.3 is 5.32 Å². The van der Waals surface area contributed by atoms with Gasteiger partial charge in [0.25, 0.3) is 0 Å². The molecule has 0 spiro atoms. The summed E-state index contributed by atoms with van der Waals surface area (Å²) in [5.41, 5.74) is 1.18. The zero-order valence-corrected chi connectivity index (χ0v) is 10.7. The number of hydrogen-bond acceptors (Lipinski definition) is 1. The van der Waals surface area contributed by atoms with Crippen molar-refractivity contribution >= 4 is 28.9 Å². The molecule has 0 saturated carbocycles. The summed E-state index contributed by atoms with van der Waals surface area (Å²) in [5.74, 6) is -1.78. The van der Waals surface area contributed by atoms with Crippen LogP contribution in [0.4, 0.5) is 14.5 Å². The van der Waals surface area contributed by atoms with Crippen LogP contribution < -0.4 is 5.32 Å². The van der Waals surface area contributed by atoms with Crippen molar-refractivity contribution in [1.82, 2.24) is 0 Å². The van der Waals surface area contributed by atoms with Gasteiger partial charge in [0, 0.05) is 33.9 Å². The molecule has 0 amide bonds. The first-order valence-corrected chi connectivity index (χ1v) is 5.95.